The van der Waals surface area contributed by atoms with Crippen molar-refractivity contribution in [2.24, 2.45) is 5.92 Å². The highest BCUT2D eigenvalue weighted by molar-refractivity contribution is 5.37. The fourth-order valence-corrected chi connectivity index (χ4v) is 3.47. The van der Waals surface area contributed by atoms with Crippen molar-refractivity contribution in [3.8, 4) is 5.75 Å². The quantitative estimate of drug-likeness (QED) is 0.688. The Kier molecular flexibility index (Phi) is 6.56. The number of piperazine rings is 1. The molecule has 1 aromatic carbocycles. The summed E-state index contributed by atoms with van der Waals surface area (Å²) < 4.78 is 6.13. The fraction of sp³-hybridized carbons (Fsp3) is 0.714. The predicted molar refractivity (Wildman–Crippen MR) is 101 cm³/mol. The average Bonchev–Trinajstić information content (AvgIpc) is 3.41. The SMILES string of the molecule is CCCc1ccc(OCC2CC2)c(CCCN2CCN(C)CC2)c1. The number of aryl methyl sites for hydroxylation is 2. The lowest BCUT2D eigenvalue weighted by Crippen LogP contribution is -2.44. The maximum atomic E-state index is 6.13. The molecule has 3 rings (SSSR count). The third-order valence-electron chi connectivity index (χ3n) is 5.35. The normalized spacial score (nSPS) is 19.6. The van der Waals surface area contributed by atoms with Crippen molar-refractivity contribution in [3.05, 3.63) is 29.3 Å². The molecule has 0 aromatic heterocycles. The topological polar surface area (TPSA) is 15.7 Å². The van der Waals surface area contributed by atoms with Crippen molar-refractivity contribution in [2.45, 2.75) is 45.4 Å². The summed E-state index contributed by atoms with van der Waals surface area (Å²) in [5.74, 6) is 1.96. The Bertz CT molecular complexity index is 505. The Morgan fingerprint density at radius 3 is 2.58 bits per heavy atom. The van der Waals surface area contributed by atoms with Gasteiger partial charge in [-0.2, -0.15) is 0 Å². The van der Waals surface area contributed by atoms with Gasteiger partial charge in [-0.25, -0.2) is 0 Å². The second-order valence-corrected chi connectivity index (χ2v) is 7.69. The van der Waals surface area contributed by atoms with Gasteiger partial charge in [0.1, 0.15) is 5.75 Å². The van der Waals surface area contributed by atoms with Crippen LogP contribution in [-0.4, -0.2) is 56.2 Å². The molecule has 0 bridgehead atoms. The molecule has 3 nitrogen and oxygen atoms in total. The molecule has 2 aliphatic rings. The van der Waals surface area contributed by atoms with Crippen LogP contribution in [0.3, 0.4) is 0 Å². The average molecular weight is 331 g/mol. The molecular formula is C21H34N2O. The third kappa shape index (κ3) is 5.49. The molecule has 0 spiro atoms. The maximum absolute atomic E-state index is 6.13. The van der Waals surface area contributed by atoms with Gasteiger partial charge < -0.3 is 14.5 Å². The number of ether oxygens (including phenoxy) is 1. The molecule has 0 amide bonds. The van der Waals surface area contributed by atoms with Crippen molar-refractivity contribution in [3.63, 3.8) is 0 Å². The first-order chi connectivity index (χ1) is 11.7. The number of nitrogens with zero attached hydrogens (tertiary/aromatic N) is 2. The van der Waals surface area contributed by atoms with Gasteiger partial charge in [0.2, 0.25) is 0 Å². The van der Waals surface area contributed by atoms with E-state index in [2.05, 4.69) is 42.0 Å². The van der Waals surface area contributed by atoms with Crippen LogP contribution in [0.2, 0.25) is 0 Å². The summed E-state index contributed by atoms with van der Waals surface area (Å²) in [7, 11) is 2.22. The summed E-state index contributed by atoms with van der Waals surface area (Å²) in [5.41, 5.74) is 2.89. The third-order valence-corrected chi connectivity index (χ3v) is 5.35. The largest absolute Gasteiger partial charge is 0.493 e. The summed E-state index contributed by atoms with van der Waals surface area (Å²) in [6.45, 7) is 9.25. The van der Waals surface area contributed by atoms with Gasteiger partial charge in [-0.15, -0.1) is 0 Å². The van der Waals surface area contributed by atoms with E-state index in [1.807, 2.05) is 0 Å². The van der Waals surface area contributed by atoms with Crippen LogP contribution in [0.15, 0.2) is 18.2 Å². The van der Waals surface area contributed by atoms with Gasteiger partial charge in [0.05, 0.1) is 6.61 Å². The molecule has 1 aliphatic carbocycles. The number of benzene rings is 1. The van der Waals surface area contributed by atoms with Gasteiger partial charge in [0.15, 0.2) is 0 Å². The van der Waals surface area contributed by atoms with Gasteiger partial charge in [-0.3, -0.25) is 0 Å². The van der Waals surface area contributed by atoms with E-state index in [1.54, 1.807) is 0 Å². The Hall–Kier alpha value is -1.06. The van der Waals surface area contributed by atoms with E-state index in [-0.39, 0.29) is 0 Å². The first-order valence-electron chi connectivity index (χ1n) is 9.90. The van der Waals surface area contributed by atoms with Crippen molar-refractivity contribution >= 4 is 0 Å². The number of likely N-dealkylation sites (N-methyl/N-ethyl adjacent to an activating group) is 1. The van der Waals surface area contributed by atoms with Crippen molar-refractivity contribution in [2.75, 3.05) is 46.4 Å². The molecule has 1 aliphatic heterocycles. The molecule has 2 fully saturated rings. The molecule has 1 aromatic rings. The number of rotatable bonds is 9. The van der Waals surface area contributed by atoms with Crippen LogP contribution in [0.1, 0.15) is 43.7 Å². The molecule has 0 atom stereocenters. The van der Waals surface area contributed by atoms with E-state index < -0.39 is 0 Å². The molecule has 0 N–H and O–H groups in total. The Morgan fingerprint density at radius 2 is 1.88 bits per heavy atom. The first kappa shape index (κ1) is 17.8. The molecule has 0 unspecified atom stereocenters. The van der Waals surface area contributed by atoms with Crippen molar-refractivity contribution in [1.29, 1.82) is 0 Å². The van der Waals surface area contributed by atoms with Crippen LogP contribution in [0.4, 0.5) is 0 Å². The van der Waals surface area contributed by atoms with E-state index in [1.165, 1.54) is 76.0 Å². The predicted octanol–water partition coefficient (Wildman–Crippen LogP) is 3.61. The number of hydrogen-bond acceptors (Lipinski definition) is 3. The van der Waals surface area contributed by atoms with E-state index in [0.717, 1.165) is 24.7 Å². The minimum atomic E-state index is 0.818. The van der Waals surface area contributed by atoms with Crippen LogP contribution < -0.4 is 4.74 Å². The zero-order chi connectivity index (χ0) is 16.8. The molecule has 1 saturated carbocycles. The van der Waals surface area contributed by atoms with E-state index in [0.29, 0.717) is 0 Å². The van der Waals surface area contributed by atoms with Gasteiger partial charge in [0.25, 0.3) is 0 Å². The maximum Gasteiger partial charge on any atom is 0.122 e. The second-order valence-electron chi connectivity index (χ2n) is 7.69. The summed E-state index contributed by atoms with van der Waals surface area (Å²) in [6.07, 6.45) is 7.47. The summed E-state index contributed by atoms with van der Waals surface area (Å²) >= 11 is 0. The molecule has 0 radical (unpaired) electrons. The van der Waals surface area contributed by atoms with Crippen LogP contribution in [0.25, 0.3) is 0 Å². The van der Waals surface area contributed by atoms with Gasteiger partial charge in [-0.1, -0.05) is 25.5 Å². The summed E-state index contributed by atoms with van der Waals surface area (Å²) in [6, 6.07) is 6.88. The molecule has 3 heteroatoms. The summed E-state index contributed by atoms with van der Waals surface area (Å²) in [4.78, 5) is 5.04. The van der Waals surface area contributed by atoms with Gasteiger partial charge in [-0.05, 0) is 68.8 Å². The zero-order valence-corrected chi connectivity index (χ0v) is 15.6. The van der Waals surface area contributed by atoms with Gasteiger partial charge >= 0.3 is 0 Å². The van der Waals surface area contributed by atoms with Crippen LogP contribution >= 0.6 is 0 Å². The Labute approximate surface area is 148 Å². The molecular weight excluding hydrogens is 296 g/mol. The standard InChI is InChI=1S/C21H34N2O/c1-3-5-18-9-10-21(24-17-19-7-8-19)20(16-18)6-4-11-23-14-12-22(2)13-15-23/h9-10,16,19H,3-8,11-15,17H2,1-2H3. The first-order valence-corrected chi connectivity index (χ1v) is 9.90. The van der Waals surface area contributed by atoms with Crippen molar-refractivity contribution in [1.82, 2.24) is 9.80 Å². The minimum Gasteiger partial charge on any atom is -0.493 e. The fourth-order valence-electron chi connectivity index (χ4n) is 3.47. The molecule has 1 saturated heterocycles. The minimum absolute atomic E-state index is 0.818. The number of hydrogen-bond donors (Lipinski definition) is 0. The molecule has 24 heavy (non-hydrogen) atoms. The lowest BCUT2D eigenvalue weighted by molar-refractivity contribution is 0.153. The van der Waals surface area contributed by atoms with E-state index >= 15 is 0 Å². The monoisotopic (exact) mass is 330 g/mol. The molecule has 1 heterocycles. The van der Waals surface area contributed by atoms with Crippen molar-refractivity contribution < 1.29 is 4.74 Å². The van der Waals surface area contributed by atoms with Crippen LogP contribution in [-0.2, 0) is 12.8 Å². The van der Waals surface area contributed by atoms with Gasteiger partial charge in [0, 0.05) is 26.2 Å². The van der Waals surface area contributed by atoms with E-state index in [9.17, 15) is 0 Å². The Morgan fingerprint density at radius 1 is 1.08 bits per heavy atom. The van der Waals surface area contributed by atoms with Crippen LogP contribution in [0.5, 0.6) is 5.75 Å². The highest BCUT2D eigenvalue weighted by atomic mass is 16.5. The smallest absolute Gasteiger partial charge is 0.122 e. The molecule has 134 valence electrons. The zero-order valence-electron chi connectivity index (χ0n) is 15.6. The summed E-state index contributed by atoms with van der Waals surface area (Å²) in [5, 5.41) is 0. The van der Waals surface area contributed by atoms with E-state index in [4.69, 9.17) is 4.74 Å². The van der Waals surface area contributed by atoms with Crippen LogP contribution in [0, 0.1) is 5.92 Å². The lowest BCUT2D eigenvalue weighted by atomic mass is 10.0. The highest BCUT2D eigenvalue weighted by Gasteiger charge is 2.22. The Balaban J connectivity index is 1.53. The lowest BCUT2D eigenvalue weighted by Gasteiger charge is -2.32. The second kappa shape index (κ2) is 8.87. The highest BCUT2D eigenvalue weighted by Crippen LogP contribution is 2.31.